The normalized spacial score (nSPS) is 20.6. The lowest BCUT2D eigenvalue weighted by Gasteiger charge is -2.15. The van der Waals surface area contributed by atoms with E-state index in [1.165, 1.54) is 0 Å². The third-order valence-electron chi connectivity index (χ3n) is 2.49. The summed E-state index contributed by atoms with van der Waals surface area (Å²) in [5, 5.41) is 1.20. The lowest BCUT2D eigenvalue weighted by atomic mass is 10.2. The Morgan fingerprint density at radius 2 is 2.38 bits per heavy atom. The van der Waals surface area contributed by atoms with Crippen LogP contribution in [0.1, 0.15) is 12.2 Å². The SMILES string of the molecule is Cc1nc(Cl)cc(N2CC(CBr)CC2=O)n1. The number of carbonyl (C=O) groups excluding carboxylic acids is 1. The number of hydrogen-bond donors (Lipinski definition) is 0. The zero-order chi connectivity index (χ0) is 11.7. The number of hydrogen-bond acceptors (Lipinski definition) is 3. The number of nitrogens with zero attached hydrogens (tertiary/aromatic N) is 3. The van der Waals surface area contributed by atoms with E-state index in [1.54, 1.807) is 17.9 Å². The summed E-state index contributed by atoms with van der Waals surface area (Å²) in [5.41, 5.74) is 0. The average molecular weight is 305 g/mol. The molecule has 1 aromatic rings. The van der Waals surface area contributed by atoms with Crippen molar-refractivity contribution in [2.24, 2.45) is 5.92 Å². The molecule has 0 aromatic carbocycles. The highest BCUT2D eigenvalue weighted by atomic mass is 79.9. The molecule has 0 spiro atoms. The number of amides is 1. The smallest absolute Gasteiger partial charge is 0.228 e. The summed E-state index contributed by atoms with van der Waals surface area (Å²) >= 11 is 9.24. The summed E-state index contributed by atoms with van der Waals surface area (Å²) in [4.78, 5) is 21.6. The molecule has 0 saturated carbocycles. The van der Waals surface area contributed by atoms with Crippen LogP contribution >= 0.6 is 27.5 Å². The van der Waals surface area contributed by atoms with Gasteiger partial charge >= 0.3 is 0 Å². The minimum Gasteiger partial charge on any atom is -0.296 e. The van der Waals surface area contributed by atoms with Gasteiger partial charge in [0.2, 0.25) is 5.91 Å². The second-order valence-electron chi connectivity index (χ2n) is 3.82. The van der Waals surface area contributed by atoms with E-state index >= 15 is 0 Å². The molecule has 1 amide bonds. The topological polar surface area (TPSA) is 46.1 Å². The molecule has 86 valence electrons. The molecule has 2 rings (SSSR count). The predicted octanol–water partition coefficient (Wildman–Crippen LogP) is 2.19. The maximum atomic E-state index is 11.8. The summed E-state index contributed by atoms with van der Waals surface area (Å²) in [5.74, 6) is 1.63. The summed E-state index contributed by atoms with van der Waals surface area (Å²) in [6.07, 6.45) is 0.561. The number of anilines is 1. The molecule has 1 atom stereocenters. The van der Waals surface area contributed by atoms with Crippen LogP contribution in [0.15, 0.2) is 6.07 Å². The first-order chi connectivity index (χ1) is 7.60. The van der Waals surface area contributed by atoms with Crippen LogP contribution in [-0.2, 0) is 4.79 Å². The Morgan fingerprint density at radius 3 is 2.94 bits per heavy atom. The van der Waals surface area contributed by atoms with E-state index in [0.717, 1.165) is 5.33 Å². The molecule has 2 heterocycles. The Bertz CT molecular complexity index is 406. The molecule has 1 unspecified atom stereocenters. The van der Waals surface area contributed by atoms with Crippen LogP contribution in [-0.4, -0.2) is 27.7 Å². The molecule has 16 heavy (non-hydrogen) atoms. The van der Waals surface area contributed by atoms with Crippen LogP contribution in [0.3, 0.4) is 0 Å². The minimum absolute atomic E-state index is 0.0959. The van der Waals surface area contributed by atoms with Crippen molar-refractivity contribution in [2.75, 3.05) is 16.8 Å². The number of halogens is 2. The third-order valence-corrected chi connectivity index (χ3v) is 3.60. The highest BCUT2D eigenvalue weighted by molar-refractivity contribution is 9.09. The molecule has 0 aliphatic carbocycles. The van der Waals surface area contributed by atoms with Gasteiger partial charge in [-0.1, -0.05) is 27.5 Å². The molecule has 6 heteroatoms. The Morgan fingerprint density at radius 1 is 1.62 bits per heavy atom. The molecular weight excluding hydrogens is 293 g/mol. The van der Waals surface area contributed by atoms with Gasteiger partial charge in [0.25, 0.3) is 0 Å². The van der Waals surface area contributed by atoms with Gasteiger partial charge in [-0.15, -0.1) is 0 Å². The largest absolute Gasteiger partial charge is 0.296 e. The molecule has 1 saturated heterocycles. The molecule has 1 aromatic heterocycles. The van der Waals surface area contributed by atoms with Gasteiger partial charge < -0.3 is 0 Å². The summed E-state index contributed by atoms with van der Waals surface area (Å²) in [6, 6.07) is 1.63. The van der Waals surface area contributed by atoms with E-state index in [-0.39, 0.29) is 5.91 Å². The van der Waals surface area contributed by atoms with Gasteiger partial charge in [0.15, 0.2) is 0 Å². The molecule has 1 aliphatic rings. The van der Waals surface area contributed by atoms with Gasteiger partial charge in [-0.2, -0.15) is 0 Å². The second-order valence-corrected chi connectivity index (χ2v) is 4.86. The van der Waals surface area contributed by atoms with E-state index in [2.05, 4.69) is 25.9 Å². The molecule has 0 N–H and O–H groups in total. The quantitative estimate of drug-likeness (QED) is 0.621. The summed E-state index contributed by atoms with van der Waals surface area (Å²) in [6.45, 7) is 2.45. The lowest BCUT2D eigenvalue weighted by molar-refractivity contribution is -0.117. The maximum Gasteiger partial charge on any atom is 0.228 e. The first-order valence-corrected chi connectivity index (χ1v) is 6.47. The number of carbonyl (C=O) groups is 1. The fourth-order valence-corrected chi connectivity index (χ4v) is 2.41. The van der Waals surface area contributed by atoms with Crippen LogP contribution in [0.5, 0.6) is 0 Å². The Hall–Kier alpha value is -0.680. The van der Waals surface area contributed by atoms with Gasteiger partial charge in [0, 0.05) is 24.4 Å². The molecule has 0 radical (unpaired) electrons. The fraction of sp³-hybridized carbons (Fsp3) is 0.500. The minimum atomic E-state index is 0.0959. The van der Waals surface area contributed by atoms with Crippen molar-refractivity contribution in [3.05, 3.63) is 17.0 Å². The van der Waals surface area contributed by atoms with Gasteiger partial charge in [-0.05, 0) is 12.8 Å². The summed E-state index contributed by atoms with van der Waals surface area (Å²) in [7, 11) is 0. The second kappa shape index (κ2) is 4.67. The standard InChI is InChI=1S/C10H11BrClN3O/c1-6-13-8(12)3-9(14-6)15-5-7(4-11)2-10(15)16/h3,7H,2,4-5H2,1H3. The number of aryl methyl sites for hydroxylation is 1. The fourth-order valence-electron chi connectivity index (χ4n) is 1.76. The highest BCUT2D eigenvalue weighted by Gasteiger charge is 2.30. The molecule has 1 fully saturated rings. The van der Waals surface area contributed by atoms with Crippen molar-refractivity contribution < 1.29 is 4.79 Å². The zero-order valence-electron chi connectivity index (χ0n) is 8.78. The third kappa shape index (κ3) is 2.35. The first-order valence-electron chi connectivity index (χ1n) is 4.97. The average Bonchev–Trinajstić information content (AvgIpc) is 2.58. The Balaban J connectivity index is 2.27. The van der Waals surface area contributed by atoms with Gasteiger partial charge in [0.1, 0.15) is 16.8 Å². The number of rotatable bonds is 2. The monoisotopic (exact) mass is 303 g/mol. The van der Waals surface area contributed by atoms with Crippen LogP contribution in [0.2, 0.25) is 5.15 Å². The maximum absolute atomic E-state index is 11.8. The van der Waals surface area contributed by atoms with Crippen molar-refractivity contribution in [2.45, 2.75) is 13.3 Å². The Kier molecular flexibility index (Phi) is 3.44. The van der Waals surface area contributed by atoms with E-state index in [4.69, 9.17) is 11.6 Å². The van der Waals surface area contributed by atoms with E-state index < -0.39 is 0 Å². The Labute approximate surface area is 107 Å². The van der Waals surface area contributed by atoms with Crippen molar-refractivity contribution in [1.82, 2.24) is 9.97 Å². The van der Waals surface area contributed by atoms with Gasteiger partial charge in [-0.25, -0.2) is 9.97 Å². The summed E-state index contributed by atoms with van der Waals surface area (Å²) < 4.78 is 0. The van der Waals surface area contributed by atoms with Gasteiger partial charge in [0.05, 0.1) is 0 Å². The molecule has 4 nitrogen and oxygen atoms in total. The highest BCUT2D eigenvalue weighted by Crippen LogP contribution is 2.25. The zero-order valence-corrected chi connectivity index (χ0v) is 11.1. The van der Waals surface area contributed by atoms with Crippen molar-refractivity contribution >= 4 is 39.3 Å². The lowest BCUT2D eigenvalue weighted by Crippen LogP contribution is -2.26. The van der Waals surface area contributed by atoms with Crippen LogP contribution in [0, 0.1) is 12.8 Å². The first kappa shape index (κ1) is 11.8. The van der Waals surface area contributed by atoms with E-state index in [0.29, 0.717) is 35.7 Å². The molecule has 1 aliphatic heterocycles. The van der Waals surface area contributed by atoms with Crippen molar-refractivity contribution in [3.63, 3.8) is 0 Å². The van der Waals surface area contributed by atoms with Crippen LogP contribution in [0.25, 0.3) is 0 Å². The van der Waals surface area contributed by atoms with E-state index in [1.807, 2.05) is 0 Å². The van der Waals surface area contributed by atoms with E-state index in [9.17, 15) is 4.79 Å². The van der Waals surface area contributed by atoms with Gasteiger partial charge in [-0.3, -0.25) is 9.69 Å². The number of aromatic nitrogens is 2. The van der Waals surface area contributed by atoms with Crippen LogP contribution < -0.4 is 4.90 Å². The molecule has 0 bridgehead atoms. The molecular formula is C10H11BrClN3O. The van der Waals surface area contributed by atoms with Crippen molar-refractivity contribution in [3.8, 4) is 0 Å². The predicted molar refractivity (Wildman–Crippen MR) is 66.0 cm³/mol. The van der Waals surface area contributed by atoms with Crippen LogP contribution in [0.4, 0.5) is 5.82 Å². The number of alkyl halides is 1. The van der Waals surface area contributed by atoms with Crippen molar-refractivity contribution in [1.29, 1.82) is 0 Å².